The fraction of sp³-hybridized carbons (Fsp3) is 0.174. The second-order valence-electron chi connectivity index (χ2n) is 6.99. The molecule has 1 N–H and O–H groups in total. The first-order chi connectivity index (χ1) is 15.5. The molecule has 0 spiro atoms. The third-order valence-corrected chi connectivity index (χ3v) is 6.69. The highest BCUT2D eigenvalue weighted by Gasteiger charge is 2.27. The van der Waals surface area contributed by atoms with E-state index in [1.807, 2.05) is 6.07 Å². The Morgan fingerprint density at radius 3 is 2.44 bits per heavy atom. The van der Waals surface area contributed by atoms with Crippen LogP contribution in [0.4, 0.5) is 5.69 Å². The molecular weight excluding hydrogens is 432 g/mol. The van der Waals surface area contributed by atoms with E-state index < -0.39 is 15.9 Å². The summed E-state index contributed by atoms with van der Waals surface area (Å²) in [5.41, 5.74) is 1.20. The zero-order valence-corrected chi connectivity index (χ0v) is 18.2. The van der Waals surface area contributed by atoms with Crippen LogP contribution in [0.25, 0.3) is 0 Å². The number of methoxy groups -OCH3 is 1. The lowest BCUT2D eigenvalue weighted by Gasteiger charge is -2.24. The van der Waals surface area contributed by atoms with Gasteiger partial charge in [-0.3, -0.25) is 9.10 Å². The van der Waals surface area contributed by atoms with Crippen LogP contribution in [0.15, 0.2) is 77.7 Å². The zero-order valence-electron chi connectivity index (χ0n) is 17.4. The van der Waals surface area contributed by atoms with Gasteiger partial charge in [-0.1, -0.05) is 24.3 Å². The summed E-state index contributed by atoms with van der Waals surface area (Å²) in [4.78, 5) is 12.8. The van der Waals surface area contributed by atoms with Crippen LogP contribution < -0.4 is 23.8 Å². The number of anilines is 1. The molecule has 1 amide bonds. The maximum absolute atomic E-state index is 13.3. The molecule has 0 saturated carbocycles. The quantitative estimate of drug-likeness (QED) is 0.563. The monoisotopic (exact) mass is 454 g/mol. The van der Waals surface area contributed by atoms with E-state index in [1.54, 1.807) is 54.6 Å². The number of hydrogen-bond acceptors (Lipinski definition) is 6. The molecule has 0 bridgehead atoms. The number of hydrogen-bond donors (Lipinski definition) is 1. The maximum Gasteiger partial charge on any atom is 0.264 e. The van der Waals surface area contributed by atoms with Gasteiger partial charge in [0.2, 0.25) is 12.7 Å². The molecule has 0 saturated heterocycles. The fourth-order valence-corrected chi connectivity index (χ4v) is 4.64. The number of nitrogens with zero attached hydrogens (tertiary/aromatic N) is 1. The Balaban J connectivity index is 1.52. The van der Waals surface area contributed by atoms with E-state index in [0.29, 0.717) is 22.9 Å². The van der Waals surface area contributed by atoms with Crippen molar-refractivity contribution in [1.29, 1.82) is 0 Å². The summed E-state index contributed by atoms with van der Waals surface area (Å²) in [7, 11) is -2.48. The van der Waals surface area contributed by atoms with Gasteiger partial charge in [-0.05, 0) is 54.1 Å². The summed E-state index contributed by atoms with van der Waals surface area (Å²) >= 11 is 0. The molecule has 0 aromatic heterocycles. The molecule has 0 radical (unpaired) electrons. The largest absolute Gasteiger partial charge is 0.497 e. The van der Waals surface area contributed by atoms with Crippen LogP contribution in [0.1, 0.15) is 5.56 Å². The third kappa shape index (κ3) is 4.62. The lowest BCUT2D eigenvalue weighted by atomic mass is 10.2. The Morgan fingerprint density at radius 2 is 1.72 bits per heavy atom. The number of carbonyl (C=O) groups excluding carboxylic acids is 1. The SMILES string of the molecule is COc1ccc(S(=O)(=O)N(CC(=O)NCc2ccc3c(c2)OCO3)c2ccccc2)cc1. The van der Waals surface area contributed by atoms with E-state index in [2.05, 4.69) is 5.32 Å². The van der Waals surface area contributed by atoms with Crippen molar-refractivity contribution in [2.45, 2.75) is 11.4 Å². The topological polar surface area (TPSA) is 94.2 Å². The first-order valence-corrected chi connectivity index (χ1v) is 11.3. The molecule has 0 fully saturated rings. The predicted molar refractivity (Wildman–Crippen MR) is 118 cm³/mol. The van der Waals surface area contributed by atoms with Gasteiger partial charge in [0.1, 0.15) is 12.3 Å². The van der Waals surface area contributed by atoms with Crippen LogP contribution >= 0.6 is 0 Å². The van der Waals surface area contributed by atoms with E-state index in [0.717, 1.165) is 9.87 Å². The van der Waals surface area contributed by atoms with Crippen LogP contribution in [-0.2, 0) is 21.4 Å². The van der Waals surface area contributed by atoms with Crippen LogP contribution in [0.3, 0.4) is 0 Å². The molecule has 0 aliphatic carbocycles. The first kappa shape index (κ1) is 21.5. The molecular formula is C23H22N2O6S. The van der Waals surface area contributed by atoms with Gasteiger partial charge in [-0.25, -0.2) is 8.42 Å². The van der Waals surface area contributed by atoms with Crippen molar-refractivity contribution in [3.05, 3.63) is 78.4 Å². The summed E-state index contributed by atoms with van der Waals surface area (Å²) in [5.74, 6) is 1.37. The lowest BCUT2D eigenvalue weighted by molar-refractivity contribution is -0.119. The molecule has 9 heteroatoms. The van der Waals surface area contributed by atoms with Crippen molar-refractivity contribution in [1.82, 2.24) is 5.32 Å². The average Bonchev–Trinajstić information content (AvgIpc) is 3.29. The van der Waals surface area contributed by atoms with Crippen LogP contribution in [0.2, 0.25) is 0 Å². The van der Waals surface area contributed by atoms with Crippen LogP contribution in [0, 0.1) is 0 Å². The number of amides is 1. The van der Waals surface area contributed by atoms with Gasteiger partial charge in [0, 0.05) is 6.54 Å². The number of benzene rings is 3. The van der Waals surface area contributed by atoms with Gasteiger partial charge < -0.3 is 19.5 Å². The van der Waals surface area contributed by atoms with Crippen molar-refractivity contribution in [2.75, 3.05) is 24.8 Å². The lowest BCUT2D eigenvalue weighted by Crippen LogP contribution is -2.40. The Kier molecular flexibility index (Phi) is 6.18. The molecule has 1 aliphatic rings. The normalized spacial score (nSPS) is 12.3. The molecule has 8 nitrogen and oxygen atoms in total. The van der Waals surface area contributed by atoms with Crippen molar-refractivity contribution in [2.24, 2.45) is 0 Å². The van der Waals surface area contributed by atoms with Crippen molar-refractivity contribution in [3.8, 4) is 17.2 Å². The highest BCUT2D eigenvalue weighted by atomic mass is 32.2. The number of carbonyl (C=O) groups is 1. The van der Waals surface area contributed by atoms with Crippen molar-refractivity contribution < 1.29 is 27.4 Å². The molecule has 3 aromatic rings. The molecule has 4 rings (SSSR count). The standard InChI is InChI=1S/C23H22N2O6S/c1-29-19-8-10-20(11-9-19)32(27,28)25(18-5-3-2-4-6-18)15-23(26)24-14-17-7-12-21-22(13-17)31-16-30-21/h2-13H,14-16H2,1H3,(H,24,26). The molecule has 0 unspecified atom stereocenters. The number of para-hydroxylation sites is 1. The molecule has 0 atom stereocenters. The molecule has 32 heavy (non-hydrogen) atoms. The third-order valence-electron chi connectivity index (χ3n) is 4.91. The fourth-order valence-electron chi connectivity index (χ4n) is 3.22. The summed E-state index contributed by atoms with van der Waals surface area (Å²) in [6, 6.07) is 19.9. The second kappa shape index (κ2) is 9.19. The Hall–Kier alpha value is -3.72. The highest BCUT2D eigenvalue weighted by Crippen LogP contribution is 2.32. The number of nitrogens with one attached hydrogen (secondary N) is 1. The second-order valence-corrected chi connectivity index (χ2v) is 8.85. The van der Waals surface area contributed by atoms with Gasteiger partial charge in [0.05, 0.1) is 17.7 Å². The molecule has 166 valence electrons. The minimum atomic E-state index is -3.98. The zero-order chi connectivity index (χ0) is 22.6. The summed E-state index contributed by atoms with van der Waals surface area (Å²) in [5, 5.41) is 2.77. The van der Waals surface area contributed by atoms with E-state index >= 15 is 0 Å². The number of ether oxygens (including phenoxy) is 3. The number of fused-ring (bicyclic) bond motifs is 1. The van der Waals surface area contributed by atoms with Crippen LogP contribution in [-0.4, -0.2) is 34.8 Å². The minimum absolute atomic E-state index is 0.0609. The Morgan fingerprint density at radius 1 is 1.00 bits per heavy atom. The molecule has 1 heterocycles. The summed E-state index contributed by atoms with van der Waals surface area (Å²) in [6.45, 7) is 0.0179. The molecule has 3 aromatic carbocycles. The number of rotatable bonds is 8. The average molecular weight is 455 g/mol. The predicted octanol–water partition coefficient (Wildman–Crippen LogP) is 2.94. The molecule has 1 aliphatic heterocycles. The van der Waals surface area contributed by atoms with Gasteiger partial charge >= 0.3 is 0 Å². The van der Waals surface area contributed by atoms with Gasteiger partial charge in [-0.15, -0.1) is 0 Å². The van der Waals surface area contributed by atoms with E-state index in [-0.39, 0.29) is 24.8 Å². The maximum atomic E-state index is 13.3. The van der Waals surface area contributed by atoms with Crippen molar-refractivity contribution in [3.63, 3.8) is 0 Å². The van der Waals surface area contributed by atoms with E-state index in [9.17, 15) is 13.2 Å². The van der Waals surface area contributed by atoms with Gasteiger partial charge in [-0.2, -0.15) is 0 Å². The Labute approximate surface area is 186 Å². The van der Waals surface area contributed by atoms with Gasteiger partial charge in [0.25, 0.3) is 10.0 Å². The number of sulfonamides is 1. The minimum Gasteiger partial charge on any atom is -0.497 e. The Bertz CT molecular complexity index is 1200. The van der Waals surface area contributed by atoms with E-state index in [1.165, 1.54) is 19.2 Å². The smallest absolute Gasteiger partial charge is 0.264 e. The van der Waals surface area contributed by atoms with Crippen molar-refractivity contribution >= 4 is 21.6 Å². The van der Waals surface area contributed by atoms with Crippen LogP contribution in [0.5, 0.6) is 17.2 Å². The first-order valence-electron chi connectivity index (χ1n) is 9.84. The van der Waals surface area contributed by atoms with E-state index in [4.69, 9.17) is 14.2 Å². The summed E-state index contributed by atoms with van der Waals surface area (Å²) in [6.07, 6.45) is 0. The highest BCUT2D eigenvalue weighted by molar-refractivity contribution is 7.92. The summed E-state index contributed by atoms with van der Waals surface area (Å²) < 4.78 is 43.5. The van der Waals surface area contributed by atoms with Gasteiger partial charge in [0.15, 0.2) is 11.5 Å².